The molecule has 0 atom stereocenters. The van der Waals surface area contributed by atoms with Gasteiger partial charge in [-0.1, -0.05) is 0 Å². The van der Waals surface area contributed by atoms with E-state index < -0.39 is 17.7 Å². The number of nitrogens with two attached hydrogens (primary N) is 1. The van der Waals surface area contributed by atoms with Crippen molar-refractivity contribution in [1.82, 2.24) is 16.1 Å². The van der Waals surface area contributed by atoms with Crippen LogP contribution in [0.15, 0.2) is 0 Å². The van der Waals surface area contributed by atoms with E-state index >= 15 is 0 Å². The van der Waals surface area contributed by atoms with Gasteiger partial charge in [0.15, 0.2) is 0 Å². The molecular formula is C5H10N4O3. The maximum Gasteiger partial charge on any atom is 0.323 e. The molecule has 0 heterocycles. The summed E-state index contributed by atoms with van der Waals surface area (Å²) < 4.78 is 0. The van der Waals surface area contributed by atoms with E-state index in [0.29, 0.717) is 0 Å². The Morgan fingerprint density at radius 3 is 2.25 bits per heavy atom. The summed E-state index contributed by atoms with van der Waals surface area (Å²) in [4.78, 5) is 31.6. The van der Waals surface area contributed by atoms with Crippen LogP contribution in [0.4, 0.5) is 0 Å². The number of amides is 3. The predicted molar refractivity (Wildman–Crippen MR) is 39.4 cm³/mol. The Bertz CT molecular complexity index is 203. The molecule has 7 nitrogen and oxygen atoms in total. The van der Waals surface area contributed by atoms with Gasteiger partial charge in [0.05, 0.1) is 6.54 Å². The number of hydrogen-bond acceptors (Lipinski definition) is 4. The number of carbonyl (C=O) groups is 3. The van der Waals surface area contributed by atoms with Gasteiger partial charge in [-0.25, -0.2) is 5.84 Å². The summed E-state index contributed by atoms with van der Waals surface area (Å²) in [5.74, 6) is 2.33. The minimum absolute atomic E-state index is 0.247. The first-order valence-corrected chi connectivity index (χ1v) is 3.11. The molecule has 68 valence electrons. The van der Waals surface area contributed by atoms with Gasteiger partial charge >= 0.3 is 11.8 Å². The van der Waals surface area contributed by atoms with Gasteiger partial charge in [0.2, 0.25) is 5.91 Å². The van der Waals surface area contributed by atoms with E-state index in [-0.39, 0.29) is 6.54 Å². The van der Waals surface area contributed by atoms with Gasteiger partial charge < -0.3 is 10.6 Å². The van der Waals surface area contributed by atoms with Gasteiger partial charge in [0, 0.05) is 7.05 Å². The van der Waals surface area contributed by atoms with E-state index in [9.17, 15) is 14.4 Å². The second-order valence-electron chi connectivity index (χ2n) is 1.83. The van der Waals surface area contributed by atoms with Crippen LogP contribution in [0.2, 0.25) is 0 Å². The van der Waals surface area contributed by atoms with Gasteiger partial charge in [0.1, 0.15) is 0 Å². The quantitative estimate of drug-likeness (QED) is 0.153. The molecule has 0 rings (SSSR count). The molecule has 7 heteroatoms. The monoisotopic (exact) mass is 174 g/mol. The number of hydrogen-bond donors (Lipinski definition) is 4. The van der Waals surface area contributed by atoms with Crippen LogP contribution in [0.25, 0.3) is 0 Å². The molecule has 0 radical (unpaired) electrons. The van der Waals surface area contributed by atoms with Gasteiger partial charge in [-0.2, -0.15) is 0 Å². The maximum absolute atomic E-state index is 10.6. The van der Waals surface area contributed by atoms with Crippen LogP contribution >= 0.6 is 0 Å². The van der Waals surface area contributed by atoms with Crippen molar-refractivity contribution in [2.24, 2.45) is 5.84 Å². The molecule has 0 aliphatic carbocycles. The van der Waals surface area contributed by atoms with E-state index in [1.165, 1.54) is 7.05 Å². The topological polar surface area (TPSA) is 113 Å². The van der Waals surface area contributed by atoms with Gasteiger partial charge in [-0.3, -0.25) is 19.8 Å². The van der Waals surface area contributed by atoms with Crippen LogP contribution in [-0.2, 0) is 14.4 Å². The van der Waals surface area contributed by atoms with E-state index in [4.69, 9.17) is 0 Å². The fraction of sp³-hybridized carbons (Fsp3) is 0.400. The summed E-state index contributed by atoms with van der Waals surface area (Å²) in [5, 5.41) is 4.30. The Morgan fingerprint density at radius 1 is 1.25 bits per heavy atom. The van der Waals surface area contributed by atoms with Crippen molar-refractivity contribution in [2.75, 3.05) is 13.6 Å². The highest BCUT2D eigenvalue weighted by Crippen LogP contribution is 1.65. The van der Waals surface area contributed by atoms with Gasteiger partial charge in [0.25, 0.3) is 0 Å². The highest BCUT2D eigenvalue weighted by molar-refractivity contribution is 6.35. The molecular weight excluding hydrogens is 164 g/mol. The summed E-state index contributed by atoms with van der Waals surface area (Å²) in [6.45, 7) is -0.247. The second kappa shape index (κ2) is 5.08. The van der Waals surface area contributed by atoms with Crippen molar-refractivity contribution in [3.8, 4) is 0 Å². The zero-order valence-corrected chi connectivity index (χ0v) is 6.51. The zero-order valence-electron chi connectivity index (χ0n) is 6.51. The first-order valence-electron chi connectivity index (χ1n) is 3.11. The van der Waals surface area contributed by atoms with E-state index in [1.54, 1.807) is 5.43 Å². The molecule has 0 saturated heterocycles. The Labute approximate surface area is 68.6 Å². The van der Waals surface area contributed by atoms with Crippen molar-refractivity contribution in [3.63, 3.8) is 0 Å². The third-order valence-corrected chi connectivity index (χ3v) is 1.03. The third kappa shape index (κ3) is 3.52. The van der Waals surface area contributed by atoms with E-state index in [1.807, 2.05) is 5.32 Å². The molecule has 0 bridgehead atoms. The number of likely N-dealkylation sites (N-methyl/N-ethyl adjacent to an activating group) is 1. The molecule has 0 aromatic rings. The molecule has 0 spiro atoms. The van der Waals surface area contributed by atoms with Crippen LogP contribution < -0.4 is 21.9 Å². The fourth-order valence-corrected chi connectivity index (χ4v) is 0.395. The molecule has 0 aliphatic heterocycles. The van der Waals surface area contributed by atoms with Gasteiger partial charge in [-0.15, -0.1) is 0 Å². The summed E-state index contributed by atoms with van der Waals surface area (Å²) in [6.07, 6.45) is 0. The van der Waals surface area contributed by atoms with Crippen molar-refractivity contribution in [3.05, 3.63) is 0 Å². The van der Waals surface area contributed by atoms with Crippen molar-refractivity contribution < 1.29 is 14.4 Å². The van der Waals surface area contributed by atoms with Crippen LogP contribution in [0.5, 0.6) is 0 Å². The lowest BCUT2D eigenvalue weighted by molar-refractivity contribution is -0.139. The normalized spacial score (nSPS) is 8.50. The molecule has 3 amide bonds. The maximum atomic E-state index is 10.6. The number of nitrogens with one attached hydrogen (secondary N) is 3. The molecule has 0 saturated carbocycles. The summed E-state index contributed by atoms with van der Waals surface area (Å²) in [7, 11) is 1.41. The van der Waals surface area contributed by atoms with Crippen LogP contribution in [0.3, 0.4) is 0 Å². The number of rotatable bonds is 2. The lowest BCUT2D eigenvalue weighted by Crippen LogP contribution is -2.45. The molecule has 0 aromatic carbocycles. The summed E-state index contributed by atoms with van der Waals surface area (Å²) >= 11 is 0. The Kier molecular flexibility index (Phi) is 4.39. The van der Waals surface area contributed by atoms with Crippen molar-refractivity contribution in [2.45, 2.75) is 0 Å². The van der Waals surface area contributed by atoms with Gasteiger partial charge in [-0.05, 0) is 0 Å². The highest BCUT2D eigenvalue weighted by atomic mass is 16.2. The zero-order chi connectivity index (χ0) is 9.56. The van der Waals surface area contributed by atoms with Crippen LogP contribution in [-0.4, -0.2) is 31.3 Å². The van der Waals surface area contributed by atoms with Crippen LogP contribution in [0, 0.1) is 0 Å². The molecule has 12 heavy (non-hydrogen) atoms. The molecule has 0 unspecified atom stereocenters. The summed E-state index contributed by atoms with van der Waals surface area (Å²) in [6, 6.07) is 0. The first-order chi connectivity index (χ1) is 5.61. The Morgan fingerprint density at radius 2 is 1.83 bits per heavy atom. The first kappa shape index (κ1) is 10.4. The third-order valence-electron chi connectivity index (χ3n) is 1.03. The molecule has 5 N–H and O–H groups in total. The van der Waals surface area contributed by atoms with E-state index in [2.05, 4.69) is 11.2 Å². The largest absolute Gasteiger partial charge is 0.358 e. The average Bonchev–Trinajstić information content (AvgIpc) is 2.11. The number of hydrazine groups is 1. The van der Waals surface area contributed by atoms with Crippen molar-refractivity contribution >= 4 is 17.7 Å². The fourth-order valence-electron chi connectivity index (χ4n) is 0.395. The molecule has 0 aliphatic rings. The lowest BCUT2D eigenvalue weighted by Gasteiger charge is -2.01. The smallest absolute Gasteiger partial charge is 0.323 e. The van der Waals surface area contributed by atoms with E-state index in [0.717, 1.165) is 0 Å². The Hall–Kier alpha value is -1.63. The molecule has 0 fully saturated rings. The standard InChI is InChI=1S/C5H10N4O3/c1-7-3(10)2-8-4(11)5(12)9-6/h2,6H2,1H3,(H,7,10)(H,8,11)(H,9,12). The minimum Gasteiger partial charge on any atom is -0.358 e. The van der Waals surface area contributed by atoms with Crippen molar-refractivity contribution in [1.29, 1.82) is 0 Å². The lowest BCUT2D eigenvalue weighted by atomic mass is 10.5. The minimum atomic E-state index is -0.987. The predicted octanol–water partition coefficient (Wildman–Crippen LogP) is -3.16. The number of carbonyl (C=O) groups excluding carboxylic acids is 3. The van der Waals surface area contributed by atoms with Crippen LogP contribution in [0.1, 0.15) is 0 Å². The average molecular weight is 174 g/mol. The summed E-state index contributed by atoms with van der Waals surface area (Å²) in [5.41, 5.74) is 1.62. The molecule has 0 aromatic heterocycles. The second-order valence-corrected chi connectivity index (χ2v) is 1.83. The Balaban J connectivity index is 3.72. The SMILES string of the molecule is CNC(=O)CNC(=O)C(=O)NN. The highest BCUT2D eigenvalue weighted by Gasteiger charge is 2.11.